The molecule has 25 heavy (non-hydrogen) atoms. The van der Waals surface area contributed by atoms with E-state index in [4.69, 9.17) is 4.74 Å². The Bertz CT molecular complexity index is 525. The molecule has 3 rings (SSSR count). The van der Waals surface area contributed by atoms with Crippen molar-refractivity contribution in [2.45, 2.75) is 32.4 Å². The Morgan fingerprint density at radius 1 is 1.32 bits per heavy atom. The topological polar surface area (TPSA) is 44.8 Å². The normalized spacial score (nSPS) is 23.2. The zero-order valence-electron chi connectivity index (χ0n) is 15.3. The molecule has 5 heteroatoms. The summed E-state index contributed by atoms with van der Waals surface area (Å²) >= 11 is 0. The number of ether oxygens (including phenoxy) is 1. The molecule has 0 unspecified atom stereocenters. The smallest absolute Gasteiger partial charge is 0.227 e. The molecule has 2 fully saturated rings. The number of nitrogens with one attached hydrogen (secondary N) is 1. The predicted octanol–water partition coefficient (Wildman–Crippen LogP) is 1.74. The zero-order valence-corrected chi connectivity index (χ0v) is 15.3. The number of carbonyl (C=O) groups excluding carboxylic acids is 1. The number of nitrogens with zero attached hydrogens (tertiary/aromatic N) is 2. The van der Waals surface area contributed by atoms with Crippen molar-refractivity contribution in [2.24, 2.45) is 5.92 Å². The third kappa shape index (κ3) is 5.27. The Morgan fingerprint density at radius 2 is 2.08 bits per heavy atom. The second-order valence-corrected chi connectivity index (χ2v) is 7.26. The van der Waals surface area contributed by atoms with Crippen LogP contribution < -0.4 is 5.32 Å². The van der Waals surface area contributed by atoms with E-state index < -0.39 is 0 Å². The van der Waals surface area contributed by atoms with Gasteiger partial charge in [-0.05, 0) is 31.9 Å². The highest BCUT2D eigenvalue weighted by atomic mass is 16.5. The number of piperidine rings is 1. The van der Waals surface area contributed by atoms with Crippen molar-refractivity contribution in [2.75, 3.05) is 45.9 Å². The minimum absolute atomic E-state index is 0.115. The van der Waals surface area contributed by atoms with Gasteiger partial charge < -0.3 is 15.0 Å². The van der Waals surface area contributed by atoms with Gasteiger partial charge in [-0.25, -0.2) is 0 Å². The van der Waals surface area contributed by atoms with Crippen molar-refractivity contribution < 1.29 is 9.53 Å². The second-order valence-electron chi connectivity index (χ2n) is 7.26. The van der Waals surface area contributed by atoms with Gasteiger partial charge in [0.15, 0.2) is 0 Å². The van der Waals surface area contributed by atoms with Crippen LogP contribution in [0.15, 0.2) is 30.3 Å². The standard InChI is InChI=1S/C20H31N3O2/c1-17(15-22-10-12-25-13-11-22)23(16-18-6-3-2-4-7-18)20(24)19-8-5-9-21-14-19/h2-4,6-7,17,19,21H,5,8-16H2,1H3/t17-,19-/m1/s1. The number of hydrogen-bond donors (Lipinski definition) is 1. The Hall–Kier alpha value is -1.43. The number of carbonyl (C=O) groups is 1. The van der Waals surface area contributed by atoms with Gasteiger partial charge in [-0.1, -0.05) is 30.3 Å². The van der Waals surface area contributed by atoms with Crippen LogP contribution in [0.4, 0.5) is 0 Å². The third-order valence-electron chi connectivity index (χ3n) is 5.28. The maximum Gasteiger partial charge on any atom is 0.227 e. The highest BCUT2D eigenvalue weighted by Crippen LogP contribution is 2.19. The van der Waals surface area contributed by atoms with Gasteiger partial charge in [0.05, 0.1) is 19.1 Å². The van der Waals surface area contributed by atoms with Gasteiger partial charge >= 0.3 is 0 Å². The quantitative estimate of drug-likeness (QED) is 0.853. The van der Waals surface area contributed by atoms with Crippen LogP contribution in [-0.4, -0.2) is 67.7 Å². The number of benzene rings is 1. The van der Waals surface area contributed by atoms with Crippen molar-refractivity contribution in [3.8, 4) is 0 Å². The van der Waals surface area contributed by atoms with Crippen molar-refractivity contribution >= 4 is 5.91 Å². The van der Waals surface area contributed by atoms with Gasteiger partial charge in [-0.2, -0.15) is 0 Å². The van der Waals surface area contributed by atoms with Gasteiger partial charge in [-0.3, -0.25) is 9.69 Å². The van der Waals surface area contributed by atoms with Gasteiger partial charge in [-0.15, -0.1) is 0 Å². The van der Waals surface area contributed by atoms with E-state index in [1.165, 1.54) is 5.56 Å². The molecule has 1 amide bonds. The van der Waals surface area contributed by atoms with E-state index in [9.17, 15) is 4.79 Å². The van der Waals surface area contributed by atoms with Crippen LogP contribution in [0.5, 0.6) is 0 Å². The van der Waals surface area contributed by atoms with E-state index >= 15 is 0 Å². The van der Waals surface area contributed by atoms with Crippen LogP contribution in [0.2, 0.25) is 0 Å². The van der Waals surface area contributed by atoms with Crippen molar-refractivity contribution in [1.82, 2.24) is 15.1 Å². The van der Waals surface area contributed by atoms with Crippen LogP contribution in [0.3, 0.4) is 0 Å². The zero-order chi connectivity index (χ0) is 17.5. The molecule has 0 radical (unpaired) electrons. The lowest BCUT2D eigenvalue weighted by molar-refractivity contribution is -0.139. The minimum Gasteiger partial charge on any atom is -0.379 e. The Balaban J connectivity index is 1.69. The van der Waals surface area contributed by atoms with E-state index in [1.807, 2.05) is 18.2 Å². The molecule has 0 spiro atoms. The summed E-state index contributed by atoms with van der Waals surface area (Å²) in [5.41, 5.74) is 1.20. The van der Waals surface area contributed by atoms with Crippen LogP contribution >= 0.6 is 0 Å². The summed E-state index contributed by atoms with van der Waals surface area (Å²) in [7, 11) is 0. The average Bonchev–Trinajstić information content (AvgIpc) is 2.68. The summed E-state index contributed by atoms with van der Waals surface area (Å²) in [6.07, 6.45) is 2.09. The number of hydrogen-bond acceptors (Lipinski definition) is 4. The van der Waals surface area contributed by atoms with Crippen LogP contribution in [-0.2, 0) is 16.1 Å². The van der Waals surface area contributed by atoms with Crippen LogP contribution in [0.1, 0.15) is 25.3 Å². The second kappa shape index (κ2) is 9.32. The number of amides is 1. The Labute approximate surface area is 151 Å². The lowest BCUT2D eigenvalue weighted by Gasteiger charge is -2.37. The molecule has 2 aliphatic heterocycles. The molecule has 2 heterocycles. The molecule has 138 valence electrons. The molecule has 0 aromatic heterocycles. The lowest BCUT2D eigenvalue weighted by Crippen LogP contribution is -2.51. The molecule has 5 nitrogen and oxygen atoms in total. The Morgan fingerprint density at radius 3 is 2.76 bits per heavy atom. The van der Waals surface area contributed by atoms with Gasteiger partial charge in [0, 0.05) is 38.8 Å². The van der Waals surface area contributed by atoms with E-state index in [1.54, 1.807) is 0 Å². The maximum atomic E-state index is 13.2. The third-order valence-corrected chi connectivity index (χ3v) is 5.28. The molecule has 1 N–H and O–H groups in total. The highest BCUT2D eigenvalue weighted by Gasteiger charge is 2.30. The van der Waals surface area contributed by atoms with Gasteiger partial charge in [0.25, 0.3) is 0 Å². The van der Waals surface area contributed by atoms with Crippen LogP contribution in [0, 0.1) is 5.92 Å². The summed E-state index contributed by atoms with van der Waals surface area (Å²) in [4.78, 5) is 17.7. The summed E-state index contributed by atoms with van der Waals surface area (Å²) in [5, 5.41) is 3.38. The largest absolute Gasteiger partial charge is 0.379 e. The van der Waals surface area contributed by atoms with Gasteiger partial charge in [0.2, 0.25) is 5.91 Å². The fourth-order valence-electron chi connectivity index (χ4n) is 3.78. The summed E-state index contributed by atoms with van der Waals surface area (Å²) in [5.74, 6) is 0.418. The first-order valence-electron chi connectivity index (χ1n) is 9.59. The first kappa shape index (κ1) is 18.4. The van der Waals surface area contributed by atoms with E-state index in [0.717, 1.165) is 58.8 Å². The Kier molecular flexibility index (Phi) is 6.84. The molecule has 2 aliphatic rings. The van der Waals surface area contributed by atoms with E-state index in [-0.39, 0.29) is 12.0 Å². The van der Waals surface area contributed by atoms with Gasteiger partial charge in [0.1, 0.15) is 0 Å². The predicted molar refractivity (Wildman–Crippen MR) is 99.3 cm³/mol. The molecular formula is C20H31N3O2. The van der Waals surface area contributed by atoms with E-state index in [2.05, 4.69) is 34.2 Å². The van der Waals surface area contributed by atoms with Crippen molar-refractivity contribution in [3.63, 3.8) is 0 Å². The first-order valence-corrected chi connectivity index (χ1v) is 9.59. The summed E-state index contributed by atoms with van der Waals surface area (Å²) in [6.45, 7) is 9.17. The number of rotatable bonds is 6. The summed E-state index contributed by atoms with van der Waals surface area (Å²) < 4.78 is 5.45. The lowest BCUT2D eigenvalue weighted by atomic mass is 9.97. The molecular weight excluding hydrogens is 314 g/mol. The minimum atomic E-state index is 0.115. The average molecular weight is 345 g/mol. The maximum absolute atomic E-state index is 13.2. The molecule has 0 aliphatic carbocycles. The van der Waals surface area contributed by atoms with Crippen LogP contribution in [0.25, 0.3) is 0 Å². The monoisotopic (exact) mass is 345 g/mol. The molecule has 1 aromatic rings. The fourth-order valence-corrected chi connectivity index (χ4v) is 3.78. The van der Waals surface area contributed by atoms with E-state index in [0.29, 0.717) is 12.5 Å². The fraction of sp³-hybridized carbons (Fsp3) is 0.650. The van der Waals surface area contributed by atoms with Crippen molar-refractivity contribution in [3.05, 3.63) is 35.9 Å². The number of morpholine rings is 1. The molecule has 0 saturated carbocycles. The molecule has 2 atom stereocenters. The molecule has 1 aromatic carbocycles. The highest BCUT2D eigenvalue weighted by molar-refractivity contribution is 5.79. The van der Waals surface area contributed by atoms with Crippen molar-refractivity contribution in [1.29, 1.82) is 0 Å². The molecule has 0 bridgehead atoms. The summed E-state index contributed by atoms with van der Waals surface area (Å²) in [6, 6.07) is 10.5. The SMILES string of the molecule is C[C@H](CN1CCOCC1)N(Cc1ccccc1)C(=O)[C@@H]1CCCNC1. The molecule has 2 saturated heterocycles. The first-order chi connectivity index (χ1) is 12.2.